The number of nitrogens with two attached hydrogens (primary N) is 1. The minimum absolute atomic E-state index is 0.0330. The van der Waals surface area contributed by atoms with E-state index in [1.54, 1.807) is 0 Å². The highest BCUT2D eigenvalue weighted by Crippen LogP contribution is 2.34. The lowest BCUT2D eigenvalue weighted by molar-refractivity contribution is -0.136. The Bertz CT molecular complexity index is 496. The third-order valence-corrected chi connectivity index (χ3v) is 3.74. The molecule has 3 N–H and O–H groups in total. The van der Waals surface area contributed by atoms with Gasteiger partial charge in [0.15, 0.2) is 0 Å². The first-order valence-electron chi connectivity index (χ1n) is 6.98. The quantitative estimate of drug-likeness (QED) is 0.812. The number of nitrogen functional groups attached to an aromatic ring is 1. The number of alkyl halides is 3. The summed E-state index contributed by atoms with van der Waals surface area (Å²) in [5.74, 6) is -0.218. The van der Waals surface area contributed by atoms with Crippen LogP contribution in [-0.4, -0.2) is 11.9 Å². The van der Waals surface area contributed by atoms with Crippen LogP contribution in [0.3, 0.4) is 0 Å². The molecule has 3 nitrogen and oxygen atoms in total. The van der Waals surface area contributed by atoms with Crippen molar-refractivity contribution in [1.29, 1.82) is 0 Å². The molecule has 1 rings (SSSR count). The molecule has 1 unspecified atom stereocenters. The molecule has 0 aliphatic heterocycles. The Morgan fingerprint density at radius 1 is 1.29 bits per heavy atom. The Morgan fingerprint density at radius 3 is 2.33 bits per heavy atom. The summed E-state index contributed by atoms with van der Waals surface area (Å²) in [6.07, 6.45) is -2.78. The predicted octanol–water partition coefficient (Wildman–Crippen LogP) is 3.84. The molecule has 0 aliphatic rings. The highest BCUT2D eigenvalue weighted by molar-refractivity contribution is 5.95. The lowest BCUT2D eigenvalue weighted by Crippen LogP contribution is -2.37. The van der Waals surface area contributed by atoms with E-state index in [-0.39, 0.29) is 17.3 Å². The first-order valence-corrected chi connectivity index (χ1v) is 6.98. The second kappa shape index (κ2) is 6.83. The second-order valence-electron chi connectivity index (χ2n) is 5.14. The number of carbonyl (C=O) groups excluding carboxylic acids is 1. The molecule has 1 aromatic carbocycles. The normalized spacial score (nSPS) is 13.3. The molecule has 21 heavy (non-hydrogen) atoms. The minimum atomic E-state index is -4.57. The summed E-state index contributed by atoms with van der Waals surface area (Å²) in [7, 11) is 0. The van der Waals surface area contributed by atoms with E-state index in [1.165, 1.54) is 6.07 Å². The molecule has 118 valence electrons. The third kappa shape index (κ3) is 4.37. The summed E-state index contributed by atoms with van der Waals surface area (Å²) in [6.45, 7) is 5.89. The van der Waals surface area contributed by atoms with Crippen molar-refractivity contribution in [3.8, 4) is 0 Å². The van der Waals surface area contributed by atoms with Crippen LogP contribution in [0.1, 0.15) is 49.5 Å². The zero-order chi connectivity index (χ0) is 16.2. The van der Waals surface area contributed by atoms with Gasteiger partial charge in [-0.25, -0.2) is 0 Å². The standard InChI is InChI=1S/C15H21F3N2O/c1-4-10(5-2)9(3)20-14(21)11-6-7-13(19)12(8-11)15(16,17)18/h6-10H,4-5,19H2,1-3H3,(H,20,21). The SMILES string of the molecule is CCC(CC)C(C)NC(=O)c1ccc(N)c(C(F)(F)F)c1. The van der Waals surface area contributed by atoms with Gasteiger partial charge in [-0.2, -0.15) is 13.2 Å². The zero-order valence-corrected chi connectivity index (χ0v) is 12.4. The zero-order valence-electron chi connectivity index (χ0n) is 12.4. The van der Waals surface area contributed by atoms with E-state index in [0.717, 1.165) is 25.0 Å². The van der Waals surface area contributed by atoms with Gasteiger partial charge in [-0.1, -0.05) is 26.7 Å². The molecule has 0 fully saturated rings. The molecule has 0 saturated heterocycles. The molecule has 0 heterocycles. The van der Waals surface area contributed by atoms with Crippen LogP contribution in [0.5, 0.6) is 0 Å². The summed E-state index contributed by atoms with van der Waals surface area (Å²) in [5, 5.41) is 2.75. The molecule has 1 atom stereocenters. The summed E-state index contributed by atoms with van der Waals surface area (Å²) < 4.78 is 38.3. The Hall–Kier alpha value is -1.72. The average Bonchev–Trinajstić information content (AvgIpc) is 2.39. The summed E-state index contributed by atoms with van der Waals surface area (Å²) in [5.41, 5.74) is 3.92. The van der Waals surface area contributed by atoms with Gasteiger partial charge in [0.25, 0.3) is 5.91 Å². The van der Waals surface area contributed by atoms with Crippen molar-refractivity contribution in [2.24, 2.45) is 5.92 Å². The number of carbonyl (C=O) groups is 1. The summed E-state index contributed by atoms with van der Waals surface area (Å²) in [6, 6.07) is 3.11. The van der Waals surface area contributed by atoms with Crippen molar-refractivity contribution in [2.75, 3.05) is 5.73 Å². The fourth-order valence-electron chi connectivity index (χ4n) is 2.35. The van der Waals surface area contributed by atoms with E-state index >= 15 is 0 Å². The monoisotopic (exact) mass is 302 g/mol. The van der Waals surface area contributed by atoms with Gasteiger partial charge in [-0.3, -0.25) is 4.79 Å². The predicted molar refractivity (Wildman–Crippen MR) is 76.9 cm³/mol. The molecule has 0 saturated carbocycles. The van der Waals surface area contributed by atoms with Crippen LogP contribution in [-0.2, 0) is 6.18 Å². The molecule has 0 bridgehead atoms. The van der Waals surface area contributed by atoms with Gasteiger partial charge in [-0.15, -0.1) is 0 Å². The molecule has 0 spiro atoms. The molecular formula is C15H21F3N2O. The Balaban J connectivity index is 2.94. The van der Waals surface area contributed by atoms with Crippen LogP contribution in [0, 0.1) is 5.92 Å². The summed E-state index contributed by atoms with van der Waals surface area (Å²) in [4.78, 5) is 12.1. The number of benzene rings is 1. The van der Waals surface area contributed by atoms with Crippen LogP contribution in [0.25, 0.3) is 0 Å². The Morgan fingerprint density at radius 2 is 1.86 bits per heavy atom. The van der Waals surface area contributed by atoms with Gasteiger partial charge in [0, 0.05) is 17.3 Å². The van der Waals surface area contributed by atoms with Crippen molar-refractivity contribution in [1.82, 2.24) is 5.32 Å². The Labute approximate surface area is 122 Å². The van der Waals surface area contributed by atoms with E-state index in [1.807, 2.05) is 20.8 Å². The number of nitrogens with one attached hydrogen (secondary N) is 1. The fourth-order valence-corrected chi connectivity index (χ4v) is 2.35. The molecular weight excluding hydrogens is 281 g/mol. The number of anilines is 1. The highest BCUT2D eigenvalue weighted by Gasteiger charge is 2.33. The lowest BCUT2D eigenvalue weighted by atomic mass is 9.95. The number of halogens is 3. The van der Waals surface area contributed by atoms with Gasteiger partial charge in [0.2, 0.25) is 0 Å². The average molecular weight is 302 g/mol. The topological polar surface area (TPSA) is 55.1 Å². The second-order valence-corrected chi connectivity index (χ2v) is 5.14. The molecule has 1 aromatic rings. The largest absolute Gasteiger partial charge is 0.418 e. The van der Waals surface area contributed by atoms with Gasteiger partial charge in [-0.05, 0) is 31.0 Å². The van der Waals surface area contributed by atoms with Crippen LogP contribution in [0.4, 0.5) is 18.9 Å². The summed E-state index contributed by atoms with van der Waals surface area (Å²) >= 11 is 0. The minimum Gasteiger partial charge on any atom is -0.398 e. The Kier molecular flexibility index (Phi) is 5.63. The third-order valence-electron chi connectivity index (χ3n) is 3.74. The first-order chi connectivity index (χ1) is 9.70. The van der Waals surface area contributed by atoms with E-state index in [9.17, 15) is 18.0 Å². The van der Waals surface area contributed by atoms with Crippen LogP contribution < -0.4 is 11.1 Å². The lowest BCUT2D eigenvalue weighted by Gasteiger charge is -2.22. The number of hydrogen-bond acceptors (Lipinski definition) is 2. The fraction of sp³-hybridized carbons (Fsp3) is 0.533. The van der Waals surface area contributed by atoms with Gasteiger partial charge >= 0.3 is 6.18 Å². The maximum atomic E-state index is 12.8. The number of rotatable bonds is 5. The maximum absolute atomic E-state index is 12.8. The van der Waals surface area contributed by atoms with Crippen LogP contribution in [0.2, 0.25) is 0 Å². The molecule has 6 heteroatoms. The number of amides is 1. The van der Waals surface area contributed by atoms with Gasteiger partial charge in [0.1, 0.15) is 0 Å². The van der Waals surface area contributed by atoms with Crippen molar-refractivity contribution in [3.63, 3.8) is 0 Å². The van der Waals surface area contributed by atoms with Crippen LogP contribution >= 0.6 is 0 Å². The van der Waals surface area contributed by atoms with E-state index < -0.39 is 17.6 Å². The van der Waals surface area contributed by atoms with Crippen molar-refractivity contribution >= 4 is 11.6 Å². The molecule has 0 aliphatic carbocycles. The molecule has 0 radical (unpaired) electrons. The van der Waals surface area contributed by atoms with Crippen molar-refractivity contribution < 1.29 is 18.0 Å². The molecule has 1 amide bonds. The van der Waals surface area contributed by atoms with E-state index in [4.69, 9.17) is 5.73 Å². The van der Waals surface area contributed by atoms with Gasteiger partial charge in [0.05, 0.1) is 5.56 Å². The first kappa shape index (κ1) is 17.3. The van der Waals surface area contributed by atoms with Gasteiger partial charge < -0.3 is 11.1 Å². The smallest absolute Gasteiger partial charge is 0.398 e. The number of hydrogen-bond donors (Lipinski definition) is 2. The van der Waals surface area contributed by atoms with E-state index in [2.05, 4.69) is 5.32 Å². The maximum Gasteiger partial charge on any atom is 0.418 e. The van der Waals surface area contributed by atoms with Crippen molar-refractivity contribution in [2.45, 2.75) is 45.8 Å². The highest BCUT2D eigenvalue weighted by atomic mass is 19.4. The molecule has 0 aromatic heterocycles. The van der Waals surface area contributed by atoms with Crippen LogP contribution in [0.15, 0.2) is 18.2 Å². The van der Waals surface area contributed by atoms with Crippen molar-refractivity contribution in [3.05, 3.63) is 29.3 Å². The van der Waals surface area contributed by atoms with E-state index in [0.29, 0.717) is 5.92 Å².